The first-order valence-electron chi connectivity index (χ1n) is 3.27. The number of rotatable bonds is 5. The van der Waals surface area contributed by atoms with Gasteiger partial charge in [0.15, 0.2) is 0 Å². The molecule has 0 aliphatic rings. The number of nitrogens with two attached hydrogens (primary N) is 1. The normalized spacial score (nSPS) is 11.8. The Bertz CT molecular complexity index is 164. The van der Waals surface area contributed by atoms with Gasteiger partial charge in [-0.25, -0.2) is 8.42 Å². The van der Waals surface area contributed by atoms with Crippen LogP contribution in [0.25, 0.3) is 0 Å². The predicted molar refractivity (Wildman–Crippen MR) is 36.5 cm³/mol. The molecule has 0 aromatic carbocycles. The molecule has 0 radical (unpaired) electrons. The molecule has 0 amide bonds. The summed E-state index contributed by atoms with van der Waals surface area (Å²) in [4.78, 5) is 0. The van der Waals surface area contributed by atoms with Gasteiger partial charge in [-0.15, -0.1) is 0 Å². The average molecular weight is 167 g/mol. The highest BCUT2D eigenvalue weighted by Gasteiger charge is 1.94. The van der Waals surface area contributed by atoms with Gasteiger partial charge in [-0.3, -0.25) is 0 Å². The van der Waals surface area contributed by atoms with Gasteiger partial charge in [0, 0.05) is 5.75 Å². The highest BCUT2D eigenvalue weighted by Crippen LogP contribution is 1.90. The first-order chi connectivity index (χ1) is 4.56. The van der Waals surface area contributed by atoms with Crippen LogP contribution in [0.5, 0.6) is 0 Å². The molecule has 62 valence electrons. The molecule has 2 N–H and O–H groups in total. The lowest BCUT2D eigenvalue weighted by molar-refractivity contribution is -0.627. The molecule has 0 atom stereocenters. The van der Waals surface area contributed by atoms with Crippen molar-refractivity contribution in [2.75, 3.05) is 19.3 Å². The van der Waals surface area contributed by atoms with Gasteiger partial charge >= 0.3 is 0 Å². The maximum Gasteiger partial charge on any atom is 0.0945 e. The van der Waals surface area contributed by atoms with E-state index in [0.29, 0.717) is 6.42 Å². The van der Waals surface area contributed by atoms with Crippen LogP contribution in [0.15, 0.2) is 0 Å². The lowest BCUT2D eigenvalue weighted by atomic mass is 10.3. The maximum atomic E-state index is 10.0. The molecule has 5 heteroatoms. The summed E-state index contributed by atoms with van der Waals surface area (Å²) in [5.41, 5.74) is 0. The largest absolute Gasteiger partial charge is 0.748 e. The smallest absolute Gasteiger partial charge is 0.0945 e. The fourth-order valence-corrected chi connectivity index (χ4v) is 1.18. The highest BCUT2D eigenvalue weighted by atomic mass is 32.2. The van der Waals surface area contributed by atoms with E-state index < -0.39 is 10.1 Å². The molecular weight excluding hydrogens is 154 g/mol. The Morgan fingerprint density at radius 2 is 2.00 bits per heavy atom. The van der Waals surface area contributed by atoms with Crippen LogP contribution in [0.4, 0.5) is 0 Å². The Balaban J connectivity index is 3.21. The van der Waals surface area contributed by atoms with E-state index >= 15 is 0 Å². The molecule has 0 saturated heterocycles. The zero-order valence-corrected chi connectivity index (χ0v) is 6.86. The number of hydrogen-bond acceptors (Lipinski definition) is 3. The summed E-state index contributed by atoms with van der Waals surface area (Å²) < 4.78 is 30.1. The van der Waals surface area contributed by atoms with Gasteiger partial charge in [0.25, 0.3) is 0 Å². The maximum absolute atomic E-state index is 10.0. The van der Waals surface area contributed by atoms with E-state index in [0.717, 1.165) is 13.0 Å². The molecule has 0 aliphatic heterocycles. The Morgan fingerprint density at radius 3 is 2.40 bits per heavy atom. The van der Waals surface area contributed by atoms with Gasteiger partial charge in [0.05, 0.1) is 23.7 Å². The Morgan fingerprint density at radius 1 is 1.40 bits per heavy atom. The van der Waals surface area contributed by atoms with Gasteiger partial charge in [-0.2, -0.15) is 0 Å². The molecule has 0 fully saturated rings. The third-order valence-corrected chi connectivity index (χ3v) is 1.93. The molecule has 0 aromatic heterocycles. The molecule has 0 heterocycles. The molecule has 10 heavy (non-hydrogen) atoms. The van der Waals surface area contributed by atoms with Crippen LogP contribution in [-0.2, 0) is 10.1 Å². The molecule has 0 rings (SSSR count). The lowest BCUT2D eigenvalue weighted by Gasteiger charge is -2.04. The second-order valence-electron chi connectivity index (χ2n) is 2.17. The number of quaternary nitrogens is 1. The predicted octanol–water partition coefficient (Wildman–Crippen LogP) is -1.49. The summed E-state index contributed by atoms with van der Waals surface area (Å²) >= 11 is 0. The van der Waals surface area contributed by atoms with Crippen LogP contribution in [0.2, 0.25) is 0 Å². The molecule has 0 unspecified atom stereocenters. The quantitative estimate of drug-likeness (QED) is 0.400. The van der Waals surface area contributed by atoms with Crippen molar-refractivity contribution >= 4 is 10.1 Å². The van der Waals surface area contributed by atoms with E-state index in [2.05, 4.69) is 0 Å². The number of unbranched alkanes of at least 4 members (excludes halogenated alkanes) is 1. The molecule has 4 nitrogen and oxygen atoms in total. The van der Waals surface area contributed by atoms with Crippen LogP contribution in [0.3, 0.4) is 0 Å². The summed E-state index contributed by atoms with van der Waals surface area (Å²) in [5.74, 6) is -0.221. The third-order valence-electron chi connectivity index (χ3n) is 1.14. The van der Waals surface area contributed by atoms with Crippen molar-refractivity contribution in [2.24, 2.45) is 0 Å². The van der Waals surface area contributed by atoms with Crippen molar-refractivity contribution in [3.8, 4) is 0 Å². The van der Waals surface area contributed by atoms with Crippen LogP contribution >= 0.6 is 0 Å². The topological polar surface area (TPSA) is 73.8 Å². The second kappa shape index (κ2) is 4.65. The standard InChI is InChI=1S/C5H13NO3S/c1-6-4-2-3-5-10(7,8)9/h6H,2-5H2,1H3,(H,7,8,9). The molecule has 0 spiro atoms. The minimum absolute atomic E-state index is 0.221. The Hall–Kier alpha value is -0.130. The van der Waals surface area contributed by atoms with Gasteiger partial charge in [-0.05, 0) is 12.8 Å². The molecule has 0 saturated carbocycles. The molecule has 0 bridgehead atoms. The fraction of sp³-hybridized carbons (Fsp3) is 1.00. The van der Waals surface area contributed by atoms with Crippen molar-refractivity contribution in [3.63, 3.8) is 0 Å². The Kier molecular flexibility index (Phi) is 4.59. The van der Waals surface area contributed by atoms with Gasteiger partial charge in [0.1, 0.15) is 0 Å². The second-order valence-corrected chi connectivity index (χ2v) is 3.69. The first kappa shape index (κ1) is 9.87. The van der Waals surface area contributed by atoms with Crippen LogP contribution in [0, 0.1) is 0 Å². The van der Waals surface area contributed by atoms with E-state index in [-0.39, 0.29) is 5.75 Å². The molecule has 0 aliphatic carbocycles. The fourth-order valence-electron chi connectivity index (χ4n) is 0.627. The van der Waals surface area contributed by atoms with Crippen molar-refractivity contribution in [1.29, 1.82) is 0 Å². The number of hydrogen-bond donors (Lipinski definition) is 1. The van der Waals surface area contributed by atoms with Crippen LogP contribution < -0.4 is 5.32 Å². The van der Waals surface area contributed by atoms with Crippen molar-refractivity contribution in [1.82, 2.24) is 0 Å². The minimum Gasteiger partial charge on any atom is -0.748 e. The summed E-state index contributed by atoms with van der Waals surface area (Å²) in [6.07, 6.45) is 1.27. The summed E-state index contributed by atoms with van der Waals surface area (Å²) in [5, 5.41) is 1.96. The van der Waals surface area contributed by atoms with Crippen molar-refractivity contribution in [2.45, 2.75) is 12.8 Å². The van der Waals surface area contributed by atoms with Crippen LogP contribution in [0.1, 0.15) is 12.8 Å². The lowest BCUT2D eigenvalue weighted by Crippen LogP contribution is -2.79. The zero-order chi connectivity index (χ0) is 8.04. The zero-order valence-electron chi connectivity index (χ0n) is 6.04. The van der Waals surface area contributed by atoms with E-state index in [4.69, 9.17) is 0 Å². The van der Waals surface area contributed by atoms with Gasteiger partial charge in [0.2, 0.25) is 0 Å². The molecule has 0 aromatic rings. The van der Waals surface area contributed by atoms with E-state index in [1.165, 1.54) is 0 Å². The molecular formula is C5H13NO3S. The highest BCUT2D eigenvalue weighted by molar-refractivity contribution is 7.85. The van der Waals surface area contributed by atoms with E-state index in [9.17, 15) is 13.0 Å². The van der Waals surface area contributed by atoms with E-state index in [1.807, 2.05) is 12.4 Å². The van der Waals surface area contributed by atoms with Gasteiger partial charge < -0.3 is 9.87 Å². The first-order valence-corrected chi connectivity index (χ1v) is 4.85. The SMILES string of the molecule is C[NH2+]CCCCS(=O)(=O)[O-]. The van der Waals surface area contributed by atoms with Crippen molar-refractivity contribution in [3.05, 3.63) is 0 Å². The van der Waals surface area contributed by atoms with Crippen LogP contribution in [-0.4, -0.2) is 32.3 Å². The summed E-state index contributed by atoms with van der Waals surface area (Å²) in [6.45, 7) is 0.884. The minimum atomic E-state index is -3.97. The monoisotopic (exact) mass is 167 g/mol. The summed E-state index contributed by atoms with van der Waals surface area (Å²) in [7, 11) is -2.06. The summed E-state index contributed by atoms with van der Waals surface area (Å²) in [6, 6.07) is 0. The van der Waals surface area contributed by atoms with Crippen molar-refractivity contribution < 1.29 is 18.3 Å². The Labute approximate surface area is 61.4 Å². The van der Waals surface area contributed by atoms with E-state index in [1.54, 1.807) is 0 Å². The third kappa shape index (κ3) is 7.87. The average Bonchev–Trinajstić information content (AvgIpc) is 1.78. The van der Waals surface area contributed by atoms with Gasteiger partial charge in [-0.1, -0.05) is 0 Å².